The summed E-state index contributed by atoms with van der Waals surface area (Å²) < 4.78 is 0.620. The molecule has 3 heteroatoms. The molecule has 2 rings (SSSR count). The van der Waals surface area contributed by atoms with Crippen LogP contribution in [-0.4, -0.2) is 47.6 Å². The van der Waals surface area contributed by atoms with E-state index in [1.54, 1.807) is 0 Å². The lowest BCUT2D eigenvalue weighted by molar-refractivity contribution is 0.0892. The number of hydrogen-bond acceptors (Lipinski definition) is 3. The van der Waals surface area contributed by atoms with Gasteiger partial charge in [-0.15, -0.1) is 0 Å². The number of piperazine rings is 1. The Morgan fingerprint density at radius 1 is 1.36 bits per heavy atom. The lowest BCUT2D eigenvalue weighted by Crippen LogP contribution is -2.59. The Bertz CT molecular complexity index is 211. The quantitative estimate of drug-likeness (QED) is 0.768. The molecule has 0 radical (unpaired) electrons. The van der Waals surface area contributed by atoms with E-state index < -0.39 is 0 Å². The molecule has 0 aromatic rings. The number of nitrogens with zero attached hydrogens (tertiary/aromatic N) is 1. The number of hydrogen-bond donors (Lipinski definition) is 1. The van der Waals surface area contributed by atoms with Crippen molar-refractivity contribution in [3.63, 3.8) is 0 Å². The van der Waals surface area contributed by atoms with Crippen LogP contribution in [0.1, 0.15) is 26.7 Å². The Balaban J connectivity index is 1.95. The first-order chi connectivity index (χ1) is 6.58. The second-order valence-electron chi connectivity index (χ2n) is 5.30. The molecule has 2 nitrogen and oxygen atoms in total. The highest BCUT2D eigenvalue weighted by Crippen LogP contribution is 2.48. The normalized spacial score (nSPS) is 30.2. The molecule has 0 spiro atoms. The molecule has 1 aliphatic carbocycles. The molecule has 0 aromatic heterocycles. The number of rotatable bonds is 3. The second kappa shape index (κ2) is 3.69. The van der Waals surface area contributed by atoms with Crippen molar-refractivity contribution >= 4 is 11.8 Å². The fraction of sp³-hybridized carbons (Fsp3) is 1.00. The number of nitrogens with one attached hydrogen (secondary N) is 1. The average molecular weight is 214 g/mol. The fourth-order valence-corrected chi connectivity index (χ4v) is 3.03. The van der Waals surface area contributed by atoms with E-state index >= 15 is 0 Å². The van der Waals surface area contributed by atoms with Crippen LogP contribution in [-0.2, 0) is 0 Å². The topological polar surface area (TPSA) is 15.3 Å². The van der Waals surface area contributed by atoms with Crippen LogP contribution >= 0.6 is 11.8 Å². The minimum atomic E-state index is 0.351. The summed E-state index contributed by atoms with van der Waals surface area (Å²) in [5.41, 5.74) is 0.351. The van der Waals surface area contributed by atoms with Crippen LogP contribution in [0.15, 0.2) is 0 Å². The van der Waals surface area contributed by atoms with Crippen molar-refractivity contribution in [2.24, 2.45) is 0 Å². The molecule has 14 heavy (non-hydrogen) atoms. The fourth-order valence-electron chi connectivity index (χ4n) is 2.23. The van der Waals surface area contributed by atoms with Crippen molar-refractivity contribution in [2.75, 3.05) is 32.4 Å². The first kappa shape index (κ1) is 10.8. The summed E-state index contributed by atoms with van der Waals surface area (Å²) in [6.45, 7) is 9.52. The van der Waals surface area contributed by atoms with Crippen molar-refractivity contribution in [1.82, 2.24) is 10.2 Å². The number of thioether (sulfide) groups is 1. The first-order valence-electron chi connectivity index (χ1n) is 5.59. The standard InChI is InChI=1S/C11H22N2S/c1-10(2)8-12-6-7-13(10)9-11(14-3)4-5-11/h12H,4-9H2,1-3H3. The molecular weight excluding hydrogens is 192 g/mol. The van der Waals surface area contributed by atoms with Crippen molar-refractivity contribution in [2.45, 2.75) is 37.0 Å². The van der Waals surface area contributed by atoms with Gasteiger partial charge in [-0.3, -0.25) is 4.90 Å². The summed E-state index contributed by atoms with van der Waals surface area (Å²) in [5.74, 6) is 0. The SMILES string of the molecule is CSC1(CN2CCNCC2(C)C)CC1. The van der Waals surface area contributed by atoms with Gasteiger partial charge in [-0.25, -0.2) is 0 Å². The monoisotopic (exact) mass is 214 g/mol. The highest BCUT2D eigenvalue weighted by Gasteiger charge is 2.45. The Morgan fingerprint density at radius 3 is 2.57 bits per heavy atom. The molecule has 0 bridgehead atoms. The largest absolute Gasteiger partial charge is 0.314 e. The van der Waals surface area contributed by atoms with Gasteiger partial charge >= 0.3 is 0 Å². The van der Waals surface area contributed by atoms with Gasteiger partial charge in [-0.1, -0.05) is 0 Å². The van der Waals surface area contributed by atoms with Crippen molar-refractivity contribution in [3.05, 3.63) is 0 Å². The molecule has 2 fully saturated rings. The van der Waals surface area contributed by atoms with Gasteiger partial charge in [0.15, 0.2) is 0 Å². The molecule has 1 saturated heterocycles. The highest BCUT2D eigenvalue weighted by molar-refractivity contribution is 8.00. The van der Waals surface area contributed by atoms with Gasteiger partial charge in [0.05, 0.1) is 0 Å². The first-order valence-corrected chi connectivity index (χ1v) is 6.81. The Labute approximate surface area is 91.8 Å². The maximum absolute atomic E-state index is 3.48. The molecule has 2 aliphatic rings. The van der Waals surface area contributed by atoms with E-state index in [1.807, 2.05) is 0 Å². The van der Waals surface area contributed by atoms with E-state index in [4.69, 9.17) is 0 Å². The van der Waals surface area contributed by atoms with Crippen LogP contribution in [0.25, 0.3) is 0 Å². The molecule has 1 heterocycles. The maximum atomic E-state index is 3.48. The Morgan fingerprint density at radius 2 is 2.07 bits per heavy atom. The van der Waals surface area contributed by atoms with Gasteiger partial charge in [0.1, 0.15) is 0 Å². The molecule has 82 valence electrons. The van der Waals surface area contributed by atoms with Gasteiger partial charge in [-0.2, -0.15) is 11.8 Å². The molecule has 1 aliphatic heterocycles. The summed E-state index contributed by atoms with van der Waals surface area (Å²) in [5, 5.41) is 3.48. The van der Waals surface area contributed by atoms with Crippen LogP contribution in [0.4, 0.5) is 0 Å². The van der Waals surface area contributed by atoms with Gasteiger partial charge in [0.25, 0.3) is 0 Å². The average Bonchev–Trinajstić information content (AvgIpc) is 2.90. The van der Waals surface area contributed by atoms with Gasteiger partial charge in [-0.05, 0) is 32.9 Å². The van der Waals surface area contributed by atoms with Crippen LogP contribution in [0.5, 0.6) is 0 Å². The summed E-state index contributed by atoms with van der Waals surface area (Å²) in [7, 11) is 0. The van der Waals surface area contributed by atoms with Crippen LogP contribution in [0.3, 0.4) is 0 Å². The maximum Gasteiger partial charge on any atom is 0.0285 e. The van der Waals surface area contributed by atoms with Gasteiger partial charge in [0, 0.05) is 36.5 Å². The van der Waals surface area contributed by atoms with E-state index in [9.17, 15) is 0 Å². The zero-order valence-corrected chi connectivity index (χ0v) is 10.4. The molecule has 0 unspecified atom stereocenters. The Hall–Kier alpha value is 0.270. The van der Waals surface area contributed by atoms with Crippen molar-refractivity contribution < 1.29 is 0 Å². The lowest BCUT2D eigenvalue weighted by atomic mass is 10.00. The molecule has 0 atom stereocenters. The predicted octanol–water partition coefficient (Wildman–Crippen LogP) is 1.57. The summed E-state index contributed by atoms with van der Waals surface area (Å²) in [6, 6.07) is 0. The molecular formula is C11H22N2S. The lowest BCUT2D eigenvalue weighted by Gasteiger charge is -2.44. The zero-order chi connectivity index (χ0) is 10.2. The minimum Gasteiger partial charge on any atom is -0.314 e. The molecule has 1 saturated carbocycles. The Kier molecular flexibility index (Phi) is 2.84. The van der Waals surface area contributed by atoms with E-state index in [0.717, 1.165) is 13.1 Å². The third-order valence-electron chi connectivity index (χ3n) is 3.69. The van der Waals surface area contributed by atoms with E-state index in [-0.39, 0.29) is 0 Å². The van der Waals surface area contributed by atoms with Crippen molar-refractivity contribution in [1.29, 1.82) is 0 Å². The third kappa shape index (κ3) is 2.10. The van der Waals surface area contributed by atoms with Gasteiger partial charge < -0.3 is 5.32 Å². The highest BCUT2D eigenvalue weighted by atomic mass is 32.2. The smallest absolute Gasteiger partial charge is 0.0285 e. The zero-order valence-electron chi connectivity index (χ0n) is 9.60. The van der Waals surface area contributed by atoms with Gasteiger partial charge in [0.2, 0.25) is 0 Å². The van der Waals surface area contributed by atoms with E-state index in [1.165, 1.54) is 25.9 Å². The molecule has 0 aromatic carbocycles. The van der Waals surface area contributed by atoms with E-state index in [2.05, 4.69) is 42.1 Å². The summed E-state index contributed by atoms with van der Waals surface area (Å²) in [6.07, 6.45) is 5.12. The second-order valence-corrected chi connectivity index (χ2v) is 6.57. The summed E-state index contributed by atoms with van der Waals surface area (Å²) >= 11 is 2.07. The molecule has 0 amide bonds. The van der Waals surface area contributed by atoms with Crippen LogP contribution in [0, 0.1) is 0 Å². The van der Waals surface area contributed by atoms with Crippen LogP contribution < -0.4 is 5.32 Å². The minimum absolute atomic E-state index is 0.351. The summed E-state index contributed by atoms with van der Waals surface area (Å²) in [4.78, 5) is 2.67. The predicted molar refractivity (Wildman–Crippen MR) is 64.0 cm³/mol. The molecule has 1 N–H and O–H groups in total. The van der Waals surface area contributed by atoms with Crippen molar-refractivity contribution in [3.8, 4) is 0 Å². The van der Waals surface area contributed by atoms with Crippen LogP contribution in [0.2, 0.25) is 0 Å². The third-order valence-corrected chi connectivity index (χ3v) is 5.10. The van der Waals surface area contributed by atoms with E-state index in [0.29, 0.717) is 10.3 Å².